The smallest absolute Gasteiger partial charge is 0.237 e. The minimum absolute atomic E-state index is 0.0604. The highest BCUT2D eigenvalue weighted by molar-refractivity contribution is 8.01. The Morgan fingerprint density at radius 2 is 2.03 bits per heavy atom. The molecule has 0 saturated carbocycles. The molecular weight excluding hydrogens is 448 g/mol. The molecule has 160 valence electrons. The van der Waals surface area contributed by atoms with E-state index in [-0.39, 0.29) is 28.2 Å². The summed E-state index contributed by atoms with van der Waals surface area (Å²) in [5.74, 6) is -0.575. The zero-order valence-electron chi connectivity index (χ0n) is 16.4. The number of nitrogens with one attached hydrogen (secondary N) is 2. The van der Waals surface area contributed by atoms with E-state index >= 15 is 0 Å². The van der Waals surface area contributed by atoms with E-state index in [1.807, 2.05) is 6.92 Å². The van der Waals surface area contributed by atoms with Crippen molar-refractivity contribution in [2.45, 2.75) is 34.8 Å². The second kappa shape index (κ2) is 9.28. The third kappa shape index (κ3) is 5.08. The maximum atomic E-state index is 12.7. The van der Waals surface area contributed by atoms with Crippen LogP contribution in [0.1, 0.15) is 19.8 Å². The standard InChI is InChI=1S/C20H21ClN2O5S2/c1-3-17-20(25)23-15-11-13(5-7-18(15)29-17)30(26,27)9-8-19(24)22-14-10-12(21)4-6-16(14)28-2/h4-7,10-11,17H,3,8-9H2,1-2H3,(H,22,24)(H,23,25)/t17-/m1/s1. The molecule has 1 aliphatic rings. The van der Waals surface area contributed by atoms with Gasteiger partial charge in [-0.3, -0.25) is 9.59 Å². The van der Waals surface area contributed by atoms with Crippen molar-refractivity contribution in [3.8, 4) is 5.75 Å². The van der Waals surface area contributed by atoms with Crippen LogP contribution in [0, 0.1) is 0 Å². The van der Waals surface area contributed by atoms with Crippen LogP contribution in [0.3, 0.4) is 0 Å². The van der Waals surface area contributed by atoms with Crippen LogP contribution in [0.5, 0.6) is 5.75 Å². The van der Waals surface area contributed by atoms with E-state index in [9.17, 15) is 18.0 Å². The summed E-state index contributed by atoms with van der Waals surface area (Å²) in [6.45, 7) is 1.92. The molecule has 0 radical (unpaired) electrons. The number of sulfone groups is 1. The molecular formula is C20H21ClN2O5S2. The third-order valence-electron chi connectivity index (χ3n) is 4.53. The molecule has 7 nitrogen and oxygen atoms in total. The molecule has 0 fully saturated rings. The minimum Gasteiger partial charge on any atom is -0.495 e. The Bertz CT molecular complexity index is 1090. The fraction of sp³-hybridized carbons (Fsp3) is 0.300. The largest absolute Gasteiger partial charge is 0.495 e. The molecule has 0 spiro atoms. The molecule has 2 amide bonds. The zero-order chi connectivity index (χ0) is 21.9. The minimum atomic E-state index is -3.72. The van der Waals surface area contributed by atoms with E-state index < -0.39 is 15.7 Å². The summed E-state index contributed by atoms with van der Waals surface area (Å²) in [7, 11) is -2.26. The summed E-state index contributed by atoms with van der Waals surface area (Å²) >= 11 is 7.35. The Kier molecular flexibility index (Phi) is 6.95. The normalized spacial score (nSPS) is 15.8. The Balaban J connectivity index is 1.69. The van der Waals surface area contributed by atoms with Gasteiger partial charge in [0.15, 0.2) is 9.84 Å². The number of hydrogen-bond donors (Lipinski definition) is 2. The number of carbonyl (C=O) groups excluding carboxylic acids is 2. The topological polar surface area (TPSA) is 102 Å². The molecule has 0 bridgehead atoms. The number of carbonyl (C=O) groups is 2. The molecule has 0 saturated heterocycles. The predicted molar refractivity (Wildman–Crippen MR) is 118 cm³/mol. The van der Waals surface area contributed by atoms with Gasteiger partial charge in [0.1, 0.15) is 5.75 Å². The van der Waals surface area contributed by atoms with Gasteiger partial charge in [-0.05, 0) is 42.8 Å². The Labute approximate surface area is 184 Å². The first kappa shape index (κ1) is 22.5. The van der Waals surface area contributed by atoms with Gasteiger partial charge in [-0.25, -0.2) is 8.42 Å². The summed E-state index contributed by atoms with van der Waals surface area (Å²) in [5.41, 5.74) is 0.843. The van der Waals surface area contributed by atoms with Gasteiger partial charge in [0.25, 0.3) is 0 Å². The van der Waals surface area contributed by atoms with Crippen molar-refractivity contribution >= 4 is 56.4 Å². The first-order valence-electron chi connectivity index (χ1n) is 9.21. The molecule has 10 heteroatoms. The number of fused-ring (bicyclic) bond motifs is 1. The SMILES string of the molecule is CC[C@H]1Sc2ccc(S(=O)(=O)CCC(=O)Nc3cc(Cl)ccc3OC)cc2NC1=O. The van der Waals surface area contributed by atoms with Crippen molar-refractivity contribution in [2.75, 3.05) is 23.5 Å². The molecule has 2 aromatic rings. The lowest BCUT2D eigenvalue weighted by Gasteiger charge is -2.23. The lowest BCUT2D eigenvalue weighted by molar-refractivity contribution is -0.116. The highest BCUT2D eigenvalue weighted by Crippen LogP contribution is 2.38. The average molecular weight is 469 g/mol. The summed E-state index contributed by atoms with van der Waals surface area (Å²) < 4.78 is 30.6. The highest BCUT2D eigenvalue weighted by Gasteiger charge is 2.27. The van der Waals surface area contributed by atoms with E-state index in [0.29, 0.717) is 28.6 Å². The Morgan fingerprint density at radius 3 is 2.73 bits per heavy atom. The highest BCUT2D eigenvalue weighted by atomic mass is 35.5. The first-order chi connectivity index (χ1) is 14.2. The van der Waals surface area contributed by atoms with Crippen molar-refractivity contribution in [3.05, 3.63) is 41.4 Å². The second-order valence-corrected chi connectivity index (χ2v) is 10.4. The van der Waals surface area contributed by atoms with Crippen molar-refractivity contribution in [2.24, 2.45) is 0 Å². The van der Waals surface area contributed by atoms with Gasteiger partial charge in [-0.15, -0.1) is 11.8 Å². The number of benzene rings is 2. The van der Waals surface area contributed by atoms with Crippen LogP contribution in [0.15, 0.2) is 46.2 Å². The van der Waals surface area contributed by atoms with Crippen LogP contribution >= 0.6 is 23.4 Å². The van der Waals surface area contributed by atoms with E-state index in [1.54, 1.807) is 18.2 Å². The van der Waals surface area contributed by atoms with Crippen LogP contribution in [0.4, 0.5) is 11.4 Å². The number of ether oxygens (including phenoxy) is 1. The van der Waals surface area contributed by atoms with Gasteiger partial charge in [0.05, 0.1) is 34.4 Å². The van der Waals surface area contributed by atoms with Gasteiger partial charge in [0, 0.05) is 16.3 Å². The molecule has 0 aliphatic carbocycles. The number of anilines is 2. The van der Waals surface area contributed by atoms with Gasteiger partial charge < -0.3 is 15.4 Å². The number of halogens is 1. The predicted octanol–water partition coefficient (Wildman–Crippen LogP) is 3.97. The number of amides is 2. The Hall–Kier alpha value is -2.23. The second-order valence-electron chi connectivity index (χ2n) is 6.62. The summed E-state index contributed by atoms with van der Waals surface area (Å²) in [6, 6.07) is 9.39. The third-order valence-corrected chi connectivity index (χ3v) is 7.92. The molecule has 0 aromatic heterocycles. The van der Waals surface area contributed by atoms with Crippen molar-refractivity contribution in [1.82, 2.24) is 0 Å². The van der Waals surface area contributed by atoms with Crippen LogP contribution in [-0.2, 0) is 19.4 Å². The fourth-order valence-electron chi connectivity index (χ4n) is 2.93. The number of hydrogen-bond acceptors (Lipinski definition) is 6. The molecule has 1 aliphatic heterocycles. The lowest BCUT2D eigenvalue weighted by Crippen LogP contribution is -2.28. The fourth-order valence-corrected chi connectivity index (χ4v) is 5.38. The molecule has 3 rings (SSSR count). The lowest BCUT2D eigenvalue weighted by atomic mass is 10.2. The first-order valence-corrected chi connectivity index (χ1v) is 12.1. The van der Waals surface area contributed by atoms with Crippen LogP contribution in [0.2, 0.25) is 5.02 Å². The van der Waals surface area contributed by atoms with Gasteiger partial charge in [0.2, 0.25) is 11.8 Å². The van der Waals surface area contributed by atoms with E-state index in [2.05, 4.69) is 10.6 Å². The van der Waals surface area contributed by atoms with E-state index in [0.717, 1.165) is 4.90 Å². The van der Waals surface area contributed by atoms with Crippen molar-refractivity contribution in [1.29, 1.82) is 0 Å². The molecule has 1 heterocycles. The maximum Gasteiger partial charge on any atom is 0.237 e. The van der Waals surface area contributed by atoms with Crippen molar-refractivity contribution in [3.63, 3.8) is 0 Å². The summed E-state index contributed by atoms with van der Waals surface area (Å²) in [6.07, 6.45) is 0.441. The summed E-state index contributed by atoms with van der Waals surface area (Å²) in [5, 5.41) is 5.61. The molecule has 1 atom stereocenters. The number of rotatable bonds is 7. The van der Waals surface area contributed by atoms with Gasteiger partial charge in [-0.1, -0.05) is 18.5 Å². The maximum absolute atomic E-state index is 12.7. The van der Waals surface area contributed by atoms with E-state index in [4.69, 9.17) is 16.3 Å². The molecule has 30 heavy (non-hydrogen) atoms. The summed E-state index contributed by atoms with van der Waals surface area (Å²) in [4.78, 5) is 25.2. The molecule has 2 N–H and O–H groups in total. The molecule has 0 unspecified atom stereocenters. The van der Waals surface area contributed by atoms with Gasteiger partial charge in [-0.2, -0.15) is 0 Å². The van der Waals surface area contributed by atoms with Crippen LogP contribution in [-0.4, -0.2) is 38.3 Å². The monoisotopic (exact) mass is 468 g/mol. The average Bonchev–Trinajstić information content (AvgIpc) is 2.71. The number of methoxy groups -OCH3 is 1. The van der Waals surface area contributed by atoms with Crippen LogP contribution < -0.4 is 15.4 Å². The van der Waals surface area contributed by atoms with Crippen molar-refractivity contribution < 1.29 is 22.7 Å². The van der Waals surface area contributed by atoms with Crippen LogP contribution in [0.25, 0.3) is 0 Å². The number of thioether (sulfide) groups is 1. The Morgan fingerprint density at radius 1 is 1.27 bits per heavy atom. The van der Waals surface area contributed by atoms with E-state index in [1.165, 1.54) is 37.1 Å². The molecule has 2 aromatic carbocycles. The zero-order valence-corrected chi connectivity index (χ0v) is 18.8. The van der Waals surface area contributed by atoms with Gasteiger partial charge >= 0.3 is 0 Å². The quantitative estimate of drug-likeness (QED) is 0.637.